The largest absolute Gasteiger partial charge is 0.483 e. The predicted molar refractivity (Wildman–Crippen MR) is 94.0 cm³/mol. The first-order valence-corrected chi connectivity index (χ1v) is 8.30. The zero-order valence-corrected chi connectivity index (χ0v) is 15.6. The molecule has 5 heteroatoms. The van der Waals surface area contributed by atoms with E-state index in [-0.39, 0.29) is 24.4 Å². The molecule has 134 valence electrons. The fraction of sp³-hybridized carbons (Fsp3) is 0.579. The zero-order valence-electron chi connectivity index (χ0n) is 15.6. The minimum atomic E-state index is -0.363. The van der Waals surface area contributed by atoms with E-state index >= 15 is 0 Å². The first-order chi connectivity index (χ1) is 11.3. The van der Waals surface area contributed by atoms with Gasteiger partial charge in [-0.25, -0.2) is 0 Å². The number of hydrogen-bond donors (Lipinski definition) is 0. The summed E-state index contributed by atoms with van der Waals surface area (Å²) in [7, 11) is 1.36. The molecular formula is C19H29NO4. The van der Waals surface area contributed by atoms with Crippen LogP contribution in [0.2, 0.25) is 0 Å². The van der Waals surface area contributed by atoms with Gasteiger partial charge in [-0.3, -0.25) is 9.59 Å². The van der Waals surface area contributed by atoms with Gasteiger partial charge in [0.2, 0.25) is 0 Å². The summed E-state index contributed by atoms with van der Waals surface area (Å²) in [5.41, 5.74) is 2.00. The molecule has 0 N–H and O–H groups in total. The lowest BCUT2D eigenvalue weighted by Crippen LogP contribution is -2.41. The standard InChI is InChI=1S/C19H29NO4/c1-13(2)10-20(11-16(5)19(22)23-6)17(21)12-24-18-14(3)8-7-9-15(18)4/h7-9,13,16H,10-12H2,1-6H3. The summed E-state index contributed by atoms with van der Waals surface area (Å²) in [5, 5.41) is 0. The molecular weight excluding hydrogens is 306 g/mol. The highest BCUT2D eigenvalue weighted by Crippen LogP contribution is 2.22. The van der Waals surface area contributed by atoms with E-state index in [9.17, 15) is 9.59 Å². The van der Waals surface area contributed by atoms with Crippen LogP contribution in [0.4, 0.5) is 0 Å². The van der Waals surface area contributed by atoms with E-state index < -0.39 is 0 Å². The first kappa shape index (κ1) is 20.0. The summed E-state index contributed by atoms with van der Waals surface area (Å²) >= 11 is 0. The molecule has 0 spiro atoms. The fourth-order valence-corrected chi connectivity index (χ4v) is 2.58. The molecule has 0 aliphatic heterocycles. The number of benzene rings is 1. The number of ether oxygens (including phenoxy) is 2. The van der Waals surface area contributed by atoms with Gasteiger partial charge in [0.1, 0.15) is 5.75 Å². The van der Waals surface area contributed by atoms with Gasteiger partial charge >= 0.3 is 5.97 Å². The van der Waals surface area contributed by atoms with Crippen LogP contribution >= 0.6 is 0 Å². The Balaban J connectivity index is 2.75. The van der Waals surface area contributed by atoms with E-state index in [0.29, 0.717) is 19.0 Å². The van der Waals surface area contributed by atoms with E-state index in [1.54, 1.807) is 11.8 Å². The number of methoxy groups -OCH3 is 1. The van der Waals surface area contributed by atoms with E-state index in [4.69, 9.17) is 9.47 Å². The van der Waals surface area contributed by atoms with Crippen LogP contribution in [0.1, 0.15) is 31.9 Å². The highest BCUT2D eigenvalue weighted by atomic mass is 16.5. The Kier molecular flexibility index (Phi) is 7.75. The van der Waals surface area contributed by atoms with Crippen LogP contribution in [0, 0.1) is 25.7 Å². The number of amides is 1. The second kappa shape index (κ2) is 9.30. The molecule has 0 radical (unpaired) electrons. The highest BCUT2D eigenvalue weighted by molar-refractivity contribution is 5.79. The van der Waals surface area contributed by atoms with E-state index in [1.165, 1.54) is 7.11 Å². The average molecular weight is 335 g/mol. The van der Waals surface area contributed by atoms with Crippen LogP contribution < -0.4 is 4.74 Å². The molecule has 5 nitrogen and oxygen atoms in total. The fourth-order valence-electron chi connectivity index (χ4n) is 2.58. The number of nitrogens with zero attached hydrogens (tertiary/aromatic N) is 1. The molecule has 0 heterocycles. The van der Waals surface area contributed by atoms with Crippen molar-refractivity contribution < 1.29 is 19.1 Å². The molecule has 1 unspecified atom stereocenters. The van der Waals surface area contributed by atoms with Crippen molar-refractivity contribution in [3.63, 3.8) is 0 Å². The van der Waals surface area contributed by atoms with Crippen molar-refractivity contribution in [2.75, 3.05) is 26.8 Å². The van der Waals surface area contributed by atoms with Crippen LogP contribution in [-0.4, -0.2) is 43.6 Å². The van der Waals surface area contributed by atoms with Crippen LogP contribution in [0.5, 0.6) is 5.75 Å². The minimum absolute atomic E-state index is 0.0354. The van der Waals surface area contributed by atoms with Gasteiger partial charge in [-0.05, 0) is 30.9 Å². The number of rotatable bonds is 8. The van der Waals surface area contributed by atoms with Gasteiger partial charge in [0.15, 0.2) is 6.61 Å². The number of hydrogen-bond acceptors (Lipinski definition) is 4. The van der Waals surface area contributed by atoms with Crippen molar-refractivity contribution in [2.24, 2.45) is 11.8 Å². The number of esters is 1. The Morgan fingerprint density at radius 2 is 1.67 bits per heavy atom. The van der Waals surface area contributed by atoms with Gasteiger partial charge < -0.3 is 14.4 Å². The number of aryl methyl sites for hydroxylation is 2. The summed E-state index contributed by atoms with van der Waals surface area (Å²) in [5.74, 6) is 0.252. The molecule has 1 aromatic rings. The SMILES string of the molecule is COC(=O)C(C)CN(CC(C)C)C(=O)COc1c(C)cccc1C. The quantitative estimate of drug-likeness (QED) is 0.685. The van der Waals surface area contributed by atoms with Crippen molar-refractivity contribution in [1.82, 2.24) is 4.90 Å². The van der Waals surface area contributed by atoms with Gasteiger partial charge in [-0.1, -0.05) is 39.0 Å². The molecule has 24 heavy (non-hydrogen) atoms. The molecule has 1 aromatic carbocycles. The first-order valence-electron chi connectivity index (χ1n) is 8.30. The van der Waals surface area contributed by atoms with E-state index in [1.807, 2.05) is 45.9 Å². The monoisotopic (exact) mass is 335 g/mol. The lowest BCUT2D eigenvalue weighted by molar-refractivity contribution is -0.146. The predicted octanol–water partition coefficient (Wildman–Crippen LogP) is 2.98. The summed E-state index contributed by atoms with van der Waals surface area (Å²) in [6.45, 7) is 10.6. The van der Waals surface area contributed by atoms with E-state index in [2.05, 4.69) is 0 Å². The maximum Gasteiger partial charge on any atom is 0.310 e. The third-order valence-corrected chi connectivity index (χ3v) is 3.78. The number of carbonyl (C=O) groups excluding carboxylic acids is 2. The van der Waals surface area contributed by atoms with Crippen LogP contribution in [-0.2, 0) is 14.3 Å². The molecule has 0 aliphatic rings. The van der Waals surface area contributed by atoms with Crippen LogP contribution in [0.25, 0.3) is 0 Å². The Bertz CT molecular complexity index is 548. The Morgan fingerprint density at radius 1 is 1.08 bits per heavy atom. The minimum Gasteiger partial charge on any atom is -0.483 e. The average Bonchev–Trinajstić information content (AvgIpc) is 2.52. The molecule has 1 rings (SSSR count). The lowest BCUT2D eigenvalue weighted by atomic mass is 10.1. The van der Waals surface area contributed by atoms with Gasteiger partial charge in [0.25, 0.3) is 5.91 Å². The van der Waals surface area contributed by atoms with Crippen molar-refractivity contribution in [1.29, 1.82) is 0 Å². The number of para-hydroxylation sites is 1. The van der Waals surface area contributed by atoms with Crippen molar-refractivity contribution in [3.8, 4) is 5.75 Å². The lowest BCUT2D eigenvalue weighted by Gasteiger charge is -2.27. The molecule has 0 saturated heterocycles. The summed E-state index contributed by atoms with van der Waals surface area (Å²) < 4.78 is 10.5. The third kappa shape index (κ3) is 5.87. The molecule has 0 saturated carbocycles. The smallest absolute Gasteiger partial charge is 0.310 e. The maximum atomic E-state index is 12.6. The van der Waals surface area contributed by atoms with Gasteiger partial charge in [-0.15, -0.1) is 0 Å². The Hall–Kier alpha value is -2.04. The van der Waals surface area contributed by atoms with Crippen LogP contribution in [0.15, 0.2) is 18.2 Å². The topological polar surface area (TPSA) is 55.8 Å². The molecule has 1 amide bonds. The Labute approximate surface area is 144 Å². The molecule has 0 bridgehead atoms. The number of carbonyl (C=O) groups is 2. The van der Waals surface area contributed by atoms with Crippen molar-refractivity contribution >= 4 is 11.9 Å². The molecule has 0 aliphatic carbocycles. The van der Waals surface area contributed by atoms with Crippen molar-refractivity contribution in [3.05, 3.63) is 29.3 Å². The van der Waals surface area contributed by atoms with Gasteiger partial charge in [-0.2, -0.15) is 0 Å². The normalized spacial score (nSPS) is 12.0. The Morgan fingerprint density at radius 3 is 2.17 bits per heavy atom. The van der Waals surface area contributed by atoms with E-state index in [0.717, 1.165) is 16.9 Å². The second-order valence-corrected chi connectivity index (χ2v) is 6.63. The van der Waals surface area contributed by atoms with Crippen molar-refractivity contribution in [2.45, 2.75) is 34.6 Å². The summed E-state index contributed by atoms with van der Waals surface area (Å²) in [6.07, 6.45) is 0. The summed E-state index contributed by atoms with van der Waals surface area (Å²) in [4.78, 5) is 25.9. The third-order valence-electron chi connectivity index (χ3n) is 3.78. The highest BCUT2D eigenvalue weighted by Gasteiger charge is 2.22. The summed E-state index contributed by atoms with van der Waals surface area (Å²) in [6, 6.07) is 5.87. The zero-order chi connectivity index (χ0) is 18.3. The van der Waals surface area contributed by atoms with Crippen LogP contribution in [0.3, 0.4) is 0 Å². The molecule has 0 aromatic heterocycles. The van der Waals surface area contributed by atoms with Gasteiger partial charge in [0.05, 0.1) is 13.0 Å². The second-order valence-electron chi connectivity index (χ2n) is 6.63. The molecule has 0 fully saturated rings. The molecule has 1 atom stereocenters. The maximum absolute atomic E-state index is 12.6. The van der Waals surface area contributed by atoms with Gasteiger partial charge in [0, 0.05) is 13.1 Å².